The summed E-state index contributed by atoms with van der Waals surface area (Å²) in [4.78, 5) is 15.9. The van der Waals surface area contributed by atoms with E-state index < -0.39 is 32.2 Å². The average Bonchev–Trinajstić information content (AvgIpc) is 2.99. The normalized spacial score (nSPS) is 12.6. The number of fused-ring (bicyclic) bond motifs is 2. The zero-order valence-corrected chi connectivity index (χ0v) is 26.8. The van der Waals surface area contributed by atoms with Gasteiger partial charge in [0, 0.05) is 61.1 Å². The molecule has 5 aromatic carbocycles. The molecule has 0 saturated carbocycles. The van der Waals surface area contributed by atoms with Gasteiger partial charge in [-0.25, -0.2) is 8.42 Å². The molecular weight excluding hydrogens is 615 g/mol. The predicted octanol–water partition coefficient (Wildman–Crippen LogP) is 4.87. The molecule has 0 fully saturated rings. The van der Waals surface area contributed by atoms with Crippen LogP contribution in [0.5, 0.6) is 5.75 Å². The predicted molar refractivity (Wildman–Crippen MR) is 176 cm³/mol. The Balaban J connectivity index is 1.36. The molecule has 0 aliphatic carbocycles. The third-order valence-electron chi connectivity index (χ3n) is 7.41. The van der Waals surface area contributed by atoms with Crippen molar-refractivity contribution in [3.8, 4) is 5.75 Å². The minimum Gasteiger partial charge on any atom is -0.480 e. The monoisotopic (exact) mass is 647 g/mol. The molecule has 0 saturated heterocycles. The van der Waals surface area contributed by atoms with Crippen LogP contribution in [-0.4, -0.2) is 62.1 Å². The van der Waals surface area contributed by atoms with Gasteiger partial charge in [0.1, 0.15) is 16.7 Å². The van der Waals surface area contributed by atoms with Crippen molar-refractivity contribution in [2.75, 3.05) is 38.0 Å². The van der Waals surface area contributed by atoms with Crippen molar-refractivity contribution in [3.05, 3.63) is 103 Å². The summed E-state index contributed by atoms with van der Waals surface area (Å²) >= 11 is 0. The van der Waals surface area contributed by atoms with Gasteiger partial charge in [-0.3, -0.25) is 4.79 Å². The maximum Gasteiger partial charge on any atom is 0.339 e. The maximum absolute atomic E-state index is 13.5. The van der Waals surface area contributed by atoms with Gasteiger partial charge in [0.2, 0.25) is 10.0 Å². The molecule has 5 aromatic rings. The number of carboxylic acid groups (broad SMARTS) is 1. The number of sulfonamides is 1. The molecule has 0 heterocycles. The van der Waals surface area contributed by atoms with E-state index >= 15 is 0 Å². The number of hydrogen-bond acceptors (Lipinski definition) is 8. The van der Waals surface area contributed by atoms with Crippen LogP contribution in [0.2, 0.25) is 0 Å². The first-order valence-electron chi connectivity index (χ1n) is 14.0. The summed E-state index contributed by atoms with van der Waals surface area (Å²) in [6.07, 6.45) is -0.189. The number of nitrogens with one attached hydrogen (secondary N) is 1. The van der Waals surface area contributed by atoms with Crippen LogP contribution >= 0.6 is 0 Å². The number of anilines is 2. The summed E-state index contributed by atoms with van der Waals surface area (Å²) in [6, 6.07) is 24.9. The lowest BCUT2D eigenvalue weighted by atomic mass is 10.1. The zero-order valence-electron chi connectivity index (χ0n) is 25.1. The highest BCUT2D eigenvalue weighted by Gasteiger charge is 2.28. The molecule has 10 nitrogen and oxygen atoms in total. The fourth-order valence-electron chi connectivity index (χ4n) is 5.28. The fourth-order valence-corrected chi connectivity index (χ4v) is 7.84. The van der Waals surface area contributed by atoms with Crippen LogP contribution in [0.3, 0.4) is 0 Å². The third-order valence-corrected chi connectivity index (χ3v) is 10.2. The highest BCUT2D eigenvalue weighted by atomic mass is 32.2. The third kappa shape index (κ3) is 6.58. The second-order valence-electron chi connectivity index (χ2n) is 10.9. The SMILES string of the molecule is CN(C)c1cccc2c(S(=O)(=O)N[C@@H](Cc3ccc(OS(=O)(=O)c4cccc5c(N(C)C)cccc45)cc3)C(=O)O)cccc12. The van der Waals surface area contributed by atoms with E-state index in [-0.39, 0.29) is 22.0 Å². The van der Waals surface area contributed by atoms with Gasteiger partial charge in [0.25, 0.3) is 0 Å². The topological polar surface area (TPSA) is 133 Å². The lowest BCUT2D eigenvalue weighted by molar-refractivity contribution is -0.138. The molecule has 0 aliphatic heterocycles. The van der Waals surface area contributed by atoms with Crippen molar-refractivity contribution in [1.82, 2.24) is 4.72 Å². The summed E-state index contributed by atoms with van der Waals surface area (Å²) in [7, 11) is -1.01. The van der Waals surface area contributed by atoms with Gasteiger partial charge in [-0.1, -0.05) is 60.7 Å². The molecule has 12 heteroatoms. The van der Waals surface area contributed by atoms with Gasteiger partial charge in [-0.2, -0.15) is 13.1 Å². The van der Waals surface area contributed by atoms with Crippen LogP contribution in [0.1, 0.15) is 5.56 Å². The average molecular weight is 648 g/mol. The molecule has 234 valence electrons. The van der Waals surface area contributed by atoms with Crippen molar-refractivity contribution in [3.63, 3.8) is 0 Å². The van der Waals surface area contributed by atoms with Gasteiger partial charge in [0.15, 0.2) is 0 Å². The Kier molecular flexibility index (Phi) is 8.74. The lowest BCUT2D eigenvalue weighted by Gasteiger charge is -2.19. The van der Waals surface area contributed by atoms with E-state index in [2.05, 4.69) is 4.72 Å². The molecule has 0 radical (unpaired) electrons. The van der Waals surface area contributed by atoms with Crippen LogP contribution in [0.4, 0.5) is 11.4 Å². The van der Waals surface area contributed by atoms with Gasteiger partial charge in [-0.15, -0.1) is 0 Å². The molecule has 0 spiro atoms. The Morgan fingerprint density at radius 1 is 0.689 bits per heavy atom. The van der Waals surface area contributed by atoms with E-state index in [0.29, 0.717) is 21.7 Å². The minimum atomic E-state index is -4.24. The highest BCUT2D eigenvalue weighted by molar-refractivity contribution is 7.89. The molecule has 0 aromatic heterocycles. The summed E-state index contributed by atoms with van der Waals surface area (Å²) in [5.74, 6) is -1.33. The number of carbonyl (C=O) groups is 1. The lowest BCUT2D eigenvalue weighted by Crippen LogP contribution is -2.42. The largest absolute Gasteiger partial charge is 0.480 e. The summed E-state index contributed by atoms with van der Waals surface area (Å²) in [5, 5.41) is 12.4. The van der Waals surface area contributed by atoms with E-state index in [0.717, 1.165) is 16.8 Å². The summed E-state index contributed by atoms with van der Waals surface area (Å²) in [6.45, 7) is 0. The van der Waals surface area contributed by atoms with E-state index in [4.69, 9.17) is 4.18 Å². The Morgan fingerprint density at radius 3 is 1.67 bits per heavy atom. The standard InChI is InChI=1S/C33H33N3O7S2/c1-35(2)29-13-5-11-26-24(29)9-7-15-31(26)44(39,40)34-28(33(37)38)21-22-17-19-23(20-18-22)43-45(41,42)32-16-8-10-25-27(32)12-6-14-30(25)36(3)4/h5-20,28,34H,21H2,1-4H3,(H,37,38)/t28-/m0/s1. The molecule has 0 bridgehead atoms. The van der Waals surface area contributed by atoms with E-state index in [1.807, 2.05) is 62.3 Å². The first-order chi connectivity index (χ1) is 21.3. The second-order valence-corrected chi connectivity index (χ2v) is 14.1. The van der Waals surface area contributed by atoms with Crippen molar-refractivity contribution in [2.24, 2.45) is 0 Å². The number of nitrogens with zero attached hydrogens (tertiary/aromatic N) is 2. The Bertz CT molecular complexity index is 2110. The van der Waals surface area contributed by atoms with Crippen LogP contribution in [0, 0.1) is 0 Å². The number of aliphatic carboxylic acids is 1. The van der Waals surface area contributed by atoms with Crippen LogP contribution in [0.25, 0.3) is 21.5 Å². The summed E-state index contributed by atoms with van der Waals surface area (Å²) < 4.78 is 61.3. The molecule has 5 rings (SSSR count). The van der Waals surface area contributed by atoms with Crippen molar-refractivity contribution in [1.29, 1.82) is 0 Å². The molecule has 45 heavy (non-hydrogen) atoms. The van der Waals surface area contributed by atoms with Crippen LogP contribution < -0.4 is 18.7 Å². The Labute approximate surface area is 262 Å². The number of rotatable bonds is 11. The van der Waals surface area contributed by atoms with E-state index in [9.17, 15) is 26.7 Å². The molecule has 0 amide bonds. The van der Waals surface area contributed by atoms with Crippen molar-refractivity contribution < 1.29 is 30.9 Å². The van der Waals surface area contributed by atoms with Crippen molar-refractivity contribution in [2.45, 2.75) is 22.3 Å². The van der Waals surface area contributed by atoms with Gasteiger partial charge >= 0.3 is 16.1 Å². The van der Waals surface area contributed by atoms with Crippen LogP contribution in [-0.2, 0) is 31.4 Å². The quantitative estimate of drug-likeness (QED) is 0.193. The molecular formula is C33H33N3O7S2. The number of benzene rings is 5. The zero-order chi connectivity index (χ0) is 32.5. The Morgan fingerprint density at radius 2 is 1.16 bits per heavy atom. The fraction of sp³-hybridized carbons (Fsp3) is 0.182. The van der Waals surface area contributed by atoms with E-state index in [1.165, 1.54) is 36.4 Å². The first-order valence-corrected chi connectivity index (χ1v) is 16.8. The smallest absolute Gasteiger partial charge is 0.339 e. The van der Waals surface area contributed by atoms with Crippen molar-refractivity contribution >= 4 is 59.0 Å². The molecule has 2 N–H and O–H groups in total. The molecule has 1 atom stereocenters. The van der Waals surface area contributed by atoms with Gasteiger partial charge < -0.3 is 19.1 Å². The van der Waals surface area contributed by atoms with Gasteiger partial charge in [-0.05, 0) is 48.4 Å². The molecule has 0 unspecified atom stereocenters. The first kappa shape index (κ1) is 31.8. The second kappa shape index (κ2) is 12.4. The molecule has 0 aliphatic rings. The maximum atomic E-state index is 13.5. The number of carboxylic acids is 1. The highest BCUT2D eigenvalue weighted by Crippen LogP contribution is 2.32. The summed E-state index contributed by atoms with van der Waals surface area (Å²) in [5.41, 5.74) is 2.14. The number of hydrogen-bond donors (Lipinski definition) is 2. The van der Waals surface area contributed by atoms with Crippen LogP contribution in [0.15, 0.2) is 107 Å². The van der Waals surface area contributed by atoms with Gasteiger partial charge in [0.05, 0.1) is 4.90 Å². The van der Waals surface area contributed by atoms with E-state index in [1.54, 1.807) is 36.4 Å². The Hall–Kier alpha value is -4.65. The minimum absolute atomic E-state index is 0.0132.